The standard InChI is InChI=1S/C17H20BrClN2O2/c1-3-21(4-2)14(12-7-5-6-8-13(12)19)11-20-17(22)15-9-10-16(18)23-15/h5-10,14H,3-4,11H2,1-2H3,(H,20,22). The second-order valence-electron chi connectivity index (χ2n) is 5.07. The summed E-state index contributed by atoms with van der Waals surface area (Å²) in [7, 11) is 0. The molecule has 1 amide bonds. The summed E-state index contributed by atoms with van der Waals surface area (Å²) in [6.45, 7) is 6.39. The summed E-state index contributed by atoms with van der Waals surface area (Å²) in [5.41, 5.74) is 1.01. The van der Waals surface area contributed by atoms with Gasteiger partial charge in [-0.3, -0.25) is 9.69 Å². The molecule has 124 valence electrons. The van der Waals surface area contributed by atoms with E-state index in [9.17, 15) is 4.79 Å². The van der Waals surface area contributed by atoms with E-state index in [-0.39, 0.29) is 17.7 Å². The highest BCUT2D eigenvalue weighted by Crippen LogP contribution is 2.27. The zero-order valence-corrected chi connectivity index (χ0v) is 15.5. The lowest BCUT2D eigenvalue weighted by Gasteiger charge is -2.30. The van der Waals surface area contributed by atoms with E-state index in [4.69, 9.17) is 16.0 Å². The zero-order valence-electron chi connectivity index (χ0n) is 13.2. The third-order valence-corrected chi connectivity index (χ3v) is 4.54. The summed E-state index contributed by atoms with van der Waals surface area (Å²) in [6, 6.07) is 11.1. The molecule has 1 atom stereocenters. The van der Waals surface area contributed by atoms with Gasteiger partial charge in [-0.1, -0.05) is 43.6 Å². The Labute approximate surface area is 149 Å². The highest BCUT2D eigenvalue weighted by atomic mass is 79.9. The Bertz CT molecular complexity index is 656. The van der Waals surface area contributed by atoms with Gasteiger partial charge in [0.1, 0.15) is 0 Å². The molecule has 0 aliphatic heterocycles. The molecule has 0 aliphatic carbocycles. The number of hydrogen-bond acceptors (Lipinski definition) is 3. The minimum absolute atomic E-state index is 0.0149. The van der Waals surface area contributed by atoms with E-state index in [1.807, 2.05) is 24.3 Å². The molecule has 0 aliphatic rings. The van der Waals surface area contributed by atoms with Crippen molar-refractivity contribution in [1.82, 2.24) is 10.2 Å². The van der Waals surface area contributed by atoms with E-state index in [1.165, 1.54) is 0 Å². The molecule has 0 fully saturated rings. The van der Waals surface area contributed by atoms with Gasteiger partial charge in [0.25, 0.3) is 5.91 Å². The Morgan fingerprint density at radius 2 is 1.96 bits per heavy atom. The zero-order chi connectivity index (χ0) is 16.8. The number of furan rings is 1. The largest absolute Gasteiger partial charge is 0.444 e. The van der Waals surface area contributed by atoms with Crippen LogP contribution in [0, 0.1) is 0 Å². The number of rotatable bonds is 7. The van der Waals surface area contributed by atoms with Crippen LogP contribution < -0.4 is 5.32 Å². The maximum absolute atomic E-state index is 12.2. The fraction of sp³-hybridized carbons (Fsp3) is 0.353. The predicted molar refractivity (Wildman–Crippen MR) is 95.9 cm³/mol. The van der Waals surface area contributed by atoms with Crippen LogP contribution >= 0.6 is 27.5 Å². The molecule has 0 saturated carbocycles. The predicted octanol–water partition coefficient (Wildman–Crippen LogP) is 4.51. The van der Waals surface area contributed by atoms with Gasteiger partial charge in [-0.15, -0.1) is 0 Å². The van der Waals surface area contributed by atoms with Gasteiger partial charge in [-0.25, -0.2) is 0 Å². The quantitative estimate of drug-likeness (QED) is 0.745. The first-order valence-electron chi connectivity index (χ1n) is 7.58. The molecule has 1 aromatic heterocycles. The fourth-order valence-electron chi connectivity index (χ4n) is 2.56. The van der Waals surface area contributed by atoms with Crippen molar-refractivity contribution in [3.05, 3.63) is 57.4 Å². The number of carbonyl (C=O) groups is 1. The molecule has 2 aromatic rings. The average molecular weight is 400 g/mol. The Morgan fingerprint density at radius 3 is 2.52 bits per heavy atom. The number of nitrogens with one attached hydrogen (secondary N) is 1. The van der Waals surface area contributed by atoms with Crippen LogP contribution in [0.15, 0.2) is 45.5 Å². The third kappa shape index (κ3) is 4.59. The van der Waals surface area contributed by atoms with Crippen molar-refractivity contribution >= 4 is 33.4 Å². The molecule has 23 heavy (non-hydrogen) atoms. The lowest BCUT2D eigenvalue weighted by atomic mass is 10.0. The number of benzene rings is 1. The second-order valence-corrected chi connectivity index (χ2v) is 6.26. The van der Waals surface area contributed by atoms with Crippen LogP contribution in [0.3, 0.4) is 0 Å². The Hall–Kier alpha value is -1.30. The highest BCUT2D eigenvalue weighted by Gasteiger charge is 2.22. The van der Waals surface area contributed by atoms with E-state index in [2.05, 4.69) is 40.0 Å². The van der Waals surface area contributed by atoms with Crippen LogP contribution in [0.5, 0.6) is 0 Å². The minimum atomic E-state index is -0.236. The molecule has 0 radical (unpaired) electrons. The van der Waals surface area contributed by atoms with Crippen LogP contribution in [0.1, 0.15) is 36.0 Å². The van der Waals surface area contributed by atoms with Crippen molar-refractivity contribution in [2.75, 3.05) is 19.6 Å². The van der Waals surface area contributed by atoms with Crippen molar-refractivity contribution in [3.8, 4) is 0 Å². The fourth-order valence-corrected chi connectivity index (χ4v) is 3.13. The molecule has 0 bridgehead atoms. The maximum Gasteiger partial charge on any atom is 0.287 e. The Balaban J connectivity index is 2.15. The molecule has 0 spiro atoms. The summed E-state index contributed by atoms with van der Waals surface area (Å²) in [4.78, 5) is 14.5. The van der Waals surface area contributed by atoms with Crippen molar-refractivity contribution in [1.29, 1.82) is 0 Å². The molecule has 1 aromatic carbocycles. The number of nitrogens with zero attached hydrogens (tertiary/aromatic N) is 1. The van der Waals surface area contributed by atoms with Crippen molar-refractivity contribution in [2.24, 2.45) is 0 Å². The van der Waals surface area contributed by atoms with E-state index < -0.39 is 0 Å². The SMILES string of the molecule is CCN(CC)C(CNC(=O)c1ccc(Br)o1)c1ccccc1Cl. The molecular weight excluding hydrogens is 380 g/mol. The van der Waals surface area contributed by atoms with Gasteiger partial charge in [-0.05, 0) is 52.8 Å². The van der Waals surface area contributed by atoms with Gasteiger partial charge >= 0.3 is 0 Å². The molecule has 1 heterocycles. The summed E-state index contributed by atoms with van der Waals surface area (Å²) in [5, 5.41) is 3.64. The van der Waals surface area contributed by atoms with Gasteiger partial charge in [0.05, 0.1) is 6.04 Å². The van der Waals surface area contributed by atoms with Crippen LogP contribution in [0.4, 0.5) is 0 Å². The summed E-state index contributed by atoms with van der Waals surface area (Å²) < 4.78 is 5.82. The topological polar surface area (TPSA) is 45.5 Å². The lowest BCUT2D eigenvalue weighted by Crippen LogP contribution is -2.38. The normalized spacial score (nSPS) is 12.4. The van der Waals surface area contributed by atoms with Crippen LogP contribution in [-0.2, 0) is 0 Å². The number of carbonyl (C=O) groups excluding carboxylic acids is 1. The summed E-state index contributed by atoms with van der Waals surface area (Å²) in [5.74, 6) is 0.0502. The average Bonchev–Trinajstić information content (AvgIpc) is 2.98. The first-order valence-corrected chi connectivity index (χ1v) is 8.75. The van der Waals surface area contributed by atoms with E-state index in [1.54, 1.807) is 12.1 Å². The van der Waals surface area contributed by atoms with E-state index in [0.29, 0.717) is 16.2 Å². The van der Waals surface area contributed by atoms with Gasteiger partial charge in [-0.2, -0.15) is 0 Å². The minimum Gasteiger partial charge on any atom is -0.444 e. The maximum atomic E-state index is 12.2. The van der Waals surface area contributed by atoms with Crippen LogP contribution in [0.25, 0.3) is 0 Å². The van der Waals surface area contributed by atoms with Gasteiger partial charge in [0.15, 0.2) is 10.4 Å². The number of halogens is 2. The van der Waals surface area contributed by atoms with Gasteiger partial charge in [0.2, 0.25) is 0 Å². The molecule has 0 saturated heterocycles. The molecular formula is C17H20BrClN2O2. The monoisotopic (exact) mass is 398 g/mol. The van der Waals surface area contributed by atoms with Crippen molar-refractivity contribution in [3.63, 3.8) is 0 Å². The van der Waals surface area contributed by atoms with E-state index >= 15 is 0 Å². The van der Waals surface area contributed by atoms with Crippen molar-refractivity contribution in [2.45, 2.75) is 19.9 Å². The summed E-state index contributed by atoms with van der Waals surface area (Å²) in [6.07, 6.45) is 0. The highest BCUT2D eigenvalue weighted by molar-refractivity contribution is 9.10. The first kappa shape index (κ1) is 18.0. The van der Waals surface area contributed by atoms with Crippen LogP contribution in [0.2, 0.25) is 5.02 Å². The van der Waals surface area contributed by atoms with E-state index in [0.717, 1.165) is 18.7 Å². The molecule has 1 unspecified atom stereocenters. The Morgan fingerprint density at radius 1 is 1.26 bits per heavy atom. The third-order valence-electron chi connectivity index (χ3n) is 3.77. The molecule has 1 N–H and O–H groups in total. The summed E-state index contributed by atoms with van der Waals surface area (Å²) >= 11 is 9.55. The smallest absolute Gasteiger partial charge is 0.287 e. The first-order chi connectivity index (χ1) is 11.1. The number of hydrogen-bond donors (Lipinski definition) is 1. The molecule has 6 heteroatoms. The van der Waals surface area contributed by atoms with Gasteiger partial charge < -0.3 is 9.73 Å². The Kier molecular flexibility index (Phi) is 6.69. The van der Waals surface area contributed by atoms with Crippen LogP contribution in [-0.4, -0.2) is 30.4 Å². The second kappa shape index (κ2) is 8.52. The lowest BCUT2D eigenvalue weighted by molar-refractivity contribution is 0.0906. The van der Waals surface area contributed by atoms with Gasteiger partial charge in [0, 0.05) is 11.6 Å². The number of likely N-dealkylation sites (N-methyl/N-ethyl adjacent to an activating group) is 1. The number of amides is 1. The molecule has 4 nitrogen and oxygen atoms in total. The van der Waals surface area contributed by atoms with Crippen molar-refractivity contribution < 1.29 is 9.21 Å². The molecule has 2 rings (SSSR count).